The van der Waals surface area contributed by atoms with E-state index in [-0.39, 0.29) is 36.7 Å². The highest BCUT2D eigenvalue weighted by molar-refractivity contribution is 6.50. The first-order valence-electron chi connectivity index (χ1n) is 12.2. The van der Waals surface area contributed by atoms with E-state index in [0.29, 0.717) is 59.8 Å². The SMILES string of the molecule is [B]c1c(C([B])Oc2cccc3c2CN(C2CCC(=O)NC2=O)C3=O)ccc(C([B])N2CCOCC2)c1[B]. The Balaban J connectivity index is 1.35. The predicted octanol–water partition coefficient (Wildman–Crippen LogP) is -1.22. The number of imide groups is 1. The van der Waals surface area contributed by atoms with E-state index >= 15 is 0 Å². The second-order valence-electron chi connectivity index (χ2n) is 9.39. The van der Waals surface area contributed by atoms with Crippen molar-refractivity contribution in [2.45, 2.75) is 37.4 Å². The molecule has 2 aromatic carbocycles. The molecule has 3 aliphatic heterocycles. The monoisotopic (exact) mass is 489 g/mol. The van der Waals surface area contributed by atoms with Gasteiger partial charge in [-0.05, 0) is 35.6 Å². The molecule has 0 saturated carbocycles. The third-order valence-electron chi connectivity index (χ3n) is 7.21. The van der Waals surface area contributed by atoms with Gasteiger partial charge in [0.2, 0.25) is 11.8 Å². The number of hydrogen-bond acceptors (Lipinski definition) is 6. The first-order chi connectivity index (χ1) is 17.8. The molecule has 3 atom stereocenters. The van der Waals surface area contributed by atoms with Gasteiger partial charge >= 0.3 is 0 Å². The number of rotatable bonds is 6. The highest BCUT2D eigenvalue weighted by Gasteiger charge is 2.40. The smallest absolute Gasteiger partial charge is 0.255 e. The third-order valence-corrected chi connectivity index (χ3v) is 7.21. The molecule has 12 heteroatoms. The lowest BCUT2D eigenvalue weighted by atomic mass is 9.68. The van der Waals surface area contributed by atoms with E-state index in [0.717, 1.165) is 0 Å². The van der Waals surface area contributed by atoms with Gasteiger partial charge in [-0.15, -0.1) is 0 Å². The molecule has 3 heterocycles. The van der Waals surface area contributed by atoms with Gasteiger partial charge in [-0.2, -0.15) is 0 Å². The zero-order valence-corrected chi connectivity index (χ0v) is 20.3. The summed E-state index contributed by atoms with van der Waals surface area (Å²) in [6.07, 6.45) is 0.450. The van der Waals surface area contributed by atoms with E-state index in [9.17, 15) is 14.4 Å². The van der Waals surface area contributed by atoms with Crippen molar-refractivity contribution < 1.29 is 23.9 Å². The van der Waals surface area contributed by atoms with Gasteiger partial charge in [-0.3, -0.25) is 19.7 Å². The van der Waals surface area contributed by atoms with Crippen molar-refractivity contribution in [1.29, 1.82) is 0 Å². The van der Waals surface area contributed by atoms with Gasteiger partial charge in [0.15, 0.2) is 0 Å². The molecule has 2 fully saturated rings. The lowest BCUT2D eigenvalue weighted by molar-refractivity contribution is -0.136. The van der Waals surface area contributed by atoms with Crippen LogP contribution in [0.5, 0.6) is 5.75 Å². The molecule has 8 nitrogen and oxygen atoms in total. The van der Waals surface area contributed by atoms with E-state index in [1.165, 1.54) is 4.90 Å². The first kappa shape index (κ1) is 25.7. The molecule has 3 unspecified atom stereocenters. The number of morpholine rings is 1. The quantitative estimate of drug-likeness (QED) is 0.405. The molecule has 180 valence electrons. The van der Waals surface area contributed by atoms with Gasteiger partial charge in [-0.1, -0.05) is 29.1 Å². The van der Waals surface area contributed by atoms with Crippen LogP contribution in [-0.2, 0) is 20.9 Å². The summed E-state index contributed by atoms with van der Waals surface area (Å²) in [5.41, 5.74) is 2.84. The van der Waals surface area contributed by atoms with Gasteiger partial charge < -0.3 is 19.3 Å². The predicted molar refractivity (Wildman–Crippen MR) is 140 cm³/mol. The molecule has 0 aliphatic carbocycles. The van der Waals surface area contributed by atoms with Crippen LogP contribution >= 0.6 is 0 Å². The van der Waals surface area contributed by atoms with Crippen LogP contribution in [0.3, 0.4) is 0 Å². The van der Waals surface area contributed by atoms with Gasteiger partial charge in [-0.25, -0.2) is 0 Å². The van der Waals surface area contributed by atoms with Crippen LogP contribution in [0, 0.1) is 0 Å². The van der Waals surface area contributed by atoms with Gasteiger partial charge in [0.25, 0.3) is 5.91 Å². The van der Waals surface area contributed by atoms with Crippen molar-refractivity contribution in [1.82, 2.24) is 15.1 Å². The van der Waals surface area contributed by atoms with E-state index in [4.69, 9.17) is 40.9 Å². The number of carbonyl (C=O) groups is 3. The van der Waals surface area contributed by atoms with Crippen LogP contribution in [0.4, 0.5) is 0 Å². The van der Waals surface area contributed by atoms with Crippen molar-refractivity contribution in [3.63, 3.8) is 0 Å². The number of amides is 3. The maximum Gasteiger partial charge on any atom is 0.255 e. The molecule has 3 aliphatic rings. The number of fused-ring (bicyclic) bond motifs is 1. The average molecular weight is 489 g/mol. The second-order valence-corrected chi connectivity index (χ2v) is 9.39. The number of nitrogens with one attached hydrogen (secondary N) is 1. The fraction of sp³-hybridized carbons (Fsp3) is 0.400. The molecule has 0 spiro atoms. The van der Waals surface area contributed by atoms with Crippen molar-refractivity contribution in [2.75, 3.05) is 26.3 Å². The normalized spacial score (nSPS) is 21.9. The number of carbonyl (C=O) groups excluding carboxylic acids is 3. The van der Waals surface area contributed by atoms with Crippen LogP contribution < -0.4 is 21.0 Å². The van der Waals surface area contributed by atoms with E-state index in [1.807, 2.05) is 0 Å². The molecule has 0 bridgehead atoms. The Labute approximate surface area is 221 Å². The van der Waals surface area contributed by atoms with Crippen molar-refractivity contribution >= 4 is 60.0 Å². The summed E-state index contributed by atoms with van der Waals surface area (Å²) in [6.45, 7) is 2.75. The van der Waals surface area contributed by atoms with Crippen LogP contribution in [0.15, 0.2) is 30.3 Å². The molecule has 5 rings (SSSR count). The Kier molecular flexibility index (Phi) is 7.23. The Morgan fingerprint density at radius 3 is 2.43 bits per heavy atom. The molecular formula is C25H23B4N3O5. The highest BCUT2D eigenvalue weighted by Crippen LogP contribution is 2.35. The highest BCUT2D eigenvalue weighted by atomic mass is 16.5. The summed E-state index contributed by atoms with van der Waals surface area (Å²) in [5, 5.41) is 2.30. The maximum absolute atomic E-state index is 13.1. The summed E-state index contributed by atoms with van der Waals surface area (Å²) in [6, 6.07) is 6.93. The summed E-state index contributed by atoms with van der Waals surface area (Å²) in [5.74, 6) is -1.14. The first-order valence-corrected chi connectivity index (χ1v) is 12.2. The maximum atomic E-state index is 13.1. The van der Waals surface area contributed by atoms with Gasteiger partial charge in [0.1, 0.15) is 35.3 Å². The molecule has 0 aromatic heterocycles. The fourth-order valence-corrected chi connectivity index (χ4v) is 5.10. The molecule has 3 amide bonds. The van der Waals surface area contributed by atoms with E-state index in [1.54, 1.807) is 30.3 Å². The minimum atomic E-state index is -0.970. The molecule has 37 heavy (non-hydrogen) atoms. The molecule has 2 aromatic rings. The Bertz CT molecular complexity index is 1250. The summed E-state index contributed by atoms with van der Waals surface area (Å²) >= 11 is 0. The molecular weight excluding hydrogens is 466 g/mol. The topological polar surface area (TPSA) is 88.2 Å². The third kappa shape index (κ3) is 4.84. The van der Waals surface area contributed by atoms with Crippen molar-refractivity contribution in [3.05, 3.63) is 52.6 Å². The second kappa shape index (κ2) is 10.4. The lowest BCUT2D eigenvalue weighted by Gasteiger charge is -2.34. The fourth-order valence-electron chi connectivity index (χ4n) is 5.10. The van der Waals surface area contributed by atoms with Crippen LogP contribution in [0.1, 0.15) is 51.8 Å². The van der Waals surface area contributed by atoms with Crippen LogP contribution in [0.25, 0.3) is 0 Å². The number of benzene rings is 2. The van der Waals surface area contributed by atoms with Crippen molar-refractivity contribution in [3.8, 4) is 5.75 Å². The largest absolute Gasteiger partial charge is 0.496 e. The van der Waals surface area contributed by atoms with Crippen LogP contribution in [-0.4, -0.2) is 91.3 Å². The van der Waals surface area contributed by atoms with Gasteiger partial charge in [0.05, 0.1) is 33.6 Å². The number of piperidine rings is 1. The standard InChI is InChI=1S/C25H23B4N3O5/c26-20-14(22(28)31-8-10-36-11-9-31)4-5-15(21(20)27)23(29)37-18-3-1-2-13-16(18)12-32(25(13)35)17-6-7-19(33)30-24(17)34/h1-5,17,22-23H,6-12H2,(H,30,33,34). The Hall–Kier alpha value is -2.97. The van der Waals surface area contributed by atoms with E-state index in [2.05, 4.69) is 10.2 Å². The molecule has 8 radical (unpaired) electrons. The zero-order valence-electron chi connectivity index (χ0n) is 20.3. The minimum Gasteiger partial charge on any atom is -0.496 e. The lowest BCUT2D eigenvalue weighted by Crippen LogP contribution is -2.52. The summed E-state index contributed by atoms with van der Waals surface area (Å²) < 4.78 is 11.5. The number of nitrogens with zero attached hydrogens (tertiary/aromatic N) is 2. The summed E-state index contributed by atoms with van der Waals surface area (Å²) in [7, 11) is 25.6. The van der Waals surface area contributed by atoms with E-state index < -0.39 is 23.9 Å². The van der Waals surface area contributed by atoms with Crippen molar-refractivity contribution in [2.24, 2.45) is 0 Å². The molecule has 1 N–H and O–H groups in total. The minimum absolute atomic E-state index is 0.161. The van der Waals surface area contributed by atoms with Crippen LogP contribution in [0.2, 0.25) is 0 Å². The Morgan fingerprint density at radius 1 is 1.00 bits per heavy atom. The van der Waals surface area contributed by atoms with Gasteiger partial charge in [0, 0.05) is 30.6 Å². The average Bonchev–Trinajstić information content (AvgIpc) is 3.23. The Morgan fingerprint density at radius 2 is 1.70 bits per heavy atom. The number of ether oxygens (including phenoxy) is 2. The summed E-state index contributed by atoms with van der Waals surface area (Å²) in [4.78, 5) is 40.5. The molecule has 2 saturated heterocycles. The zero-order chi connectivity index (χ0) is 26.3. The number of hydrogen-bond donors (Lipinski definition) is 1.